The van der Waals surface area contributed by atoms with Gasteiger partial charge in [-0.15, -0.1) is 24.0 Å². The highest BCUT2D eigenvalue weighted by Crippen LogP contribution is 2.23. The van der Waals surface area contributed by atoms with Crippen molar-refractivity contribution < 1.29 is 4.74 Å². The van der Waals surface area contributed by atoms with Crippen LogP contribution in [0.3, 0.4) is 0 Å². The smallest absolute Gasteiger partial charge is 0.213 e. The van der Waals surface area contributed by atoms with Gasteiger partial charge in [-0.25, -0.2) is 4.98 Å². The van der Waals surface area contributed by atoms with E-state index in [0.29, 0.717) is 30.7 Å². The van der Waals surface area contributed by atoms with E-state index in [1.54, 1.807) is 0 Å². The normalized spacial score (nSPS) is 23.7. The molecule has 1 aliphatic carbocycles. The molecule has 0 bridgehead atoms. The highest BCUT2D eigenvalue weighted by molar-refractivity contribution is 14.0. The molecule has 2 aliphatic rings. The van der Waals surface area contributed by atoms with Gasteiger partial charge in [0.2, 0.25) is 5.88 Å². The third-order valence-electron chi connectivity index (χ3n) is 5.77. The first kappa shape index (κ1) is 23.2. The lowest BCUT2D eigenvalue weighted by Crippen LogP contribution is -2.46. The molecule has 6 nitrogen and oxygen atoms in total. The van der Waals surface area contributed by atoms with Crippen LogP contribution in [0.15, 0.2) is 23.3 Å². The van der Waals surface area contributed by atoms with Crippen molar-refractivity contribution >= 4 is 29.9 Å². The molecule has 158 valence electrons. The number of pyridine rings is 1. The lowest BCUT2D eigenvalue weighted by atomic mass is 10.1. The summed E-state index contributed by atoms with van der Waals surface area (Å²) >= 11 is 0. The Morgan fingerprint density at radius 3 is 2.71 bits per heavy atom. The Labute approximate surface area is 186 Å². The van der Waals surface area contributed by atoms with Crippen LogP contribution in [0.25, 0.3) is 0 Å². The summed E-state index contributed by atoms with van der Waals surface area (Å²) < 4.78 is 6.01. The fourth-order valence-corrected chi connectivity index (χ4v) is 3.97. The van der Waals surface area contributed by atoms with Gasteiger partial charge in [-0.1, -0.05) is 6.92 Å². The number of hydrogen-bond donors (Lipinski definition) is 2. The number of nitrogens with one attached hydrogen (secondary N) is 2. The molecule has 1 saturated heterocycles. The minimum absolute atomic E-state index is 0. The Kier molecular flexibility index (Phi) is 9.27. The first-order valence-corrected chi connectivity index (χ1v) is 10.4. The van der Waals surface area contributed by atoms with Crippen molar-refractivity contribution in [1.82, 2.24) is 20.5 Å². The van der Waals surface area contributed by atoms with E-state index in [0.717, 1.165) is 43.3 Å². The topological polar surface area (TPSA) is 61.8 Å². The lowest BCUT2D eigenvalue weighted by Gasteiger charge is -2.22. The molecule has 2 fully saturated rings. The van der Waals surface area contributed by atoms with Crippen molar-refractivity contribution in [3.05, 3.63) is 23.9 Å². The highest BCUT2D eigenvalue weighted by atomic mass is 127. The predicted molar refractivity (Wildman–Crippen MR) is 126 cm³/mol. The fourth-order valence-electron chi connectivity index (χ4n) is 3.97. The Balaban J connectivity index is 0.00000280. The molecule has 1 saturated carbocycles. The van der Waals surface area contributed by atoms with E-state index in [4.69, 9.17) is 4.74 Å². The van der Waals surface area contributed by atoms with Crippen LogP contribution in [-0.2, 0) is 6.54 Å². The molecule has 0 radical (unpaired) electrons. The molecule has 0 aromatic carbocycles. The number of hydrogen-bond acceptors (Lipinski definition) is 4. The van der Waals surface area contributed by atoms with Gasteiger partial charge in [0.05, 0.1) is 0 Å². The van der Waals surface area contributed by atoms with Crippen LogP contribution in [-0.4, -0.2) is 54.2 Å². The van der Waals surface area contributed by atoms with Gasteiger partial charge in [-0.2, -0.15) is 0 Å². The summed E-state index contributed by atoms with van der Waals surface area (Å²) in [5, 5.41) is 7.03. The summed E-state index contributed by atoms with van der Waals surface area (Å²) in [6, 6.07) is 5.08. The average Bonchev–Trinajstić information content (AvgIpc) is 3.29. The molecule has 2 heterocycles. The largest absolute Gasteiger partial charge is 0.474 e. The first-order chi connectivity index (χ1) is 13.0. The number of aromatic nitrogens is 1. The van der Waals surface area contributed by atoms with E-state index in [1.165, 1.54) is 12.8 Å². The predicted octanol–water partition coefficient (Wildman–Crippen LogP) is 3.41. The molecule has 0 amide bonds. The van der Waals surface area contributed by atoms with Gasteiger partial charge in [-0.3, -0.25) is 9.89 Å². The zero-order chi connectivity index (χ0) is 19.2. The quantitative estimate of drug-likeness (QED) is 0.356. The van der Waals surface area contributed by atoms with Crippen LogP contribution in [0.2, 0.25) is 0 Å². The zero-order valence-corrected chi connectivity index (χ0v) is 20.0. The van der Waals surface area contributed by atoms with Crippen molar-refractivity contribution in [3.63, 3.8) is 0 Å². The monoisotopic (exact) mass is 501 g/mol. The third-order valence-corrected chi connectivity index (χ3v) is 5.77. The van der Waals surface area contributed by atoms with Gasteiger partial charge in [-0.05, 0) is 57.1 Å². The van der Waals surface area contributed by atoms with Crippen LogP contribution in [0.1, 0.15) is 52.0 Å². The van der Waals surface area contributed by atoms with E-state index in [-0.39, 0.29) is 24.0 Å². The maximum absolute atomic E-state index is 6.01. The first-order valence-electron chi connectivity index (χ1n) is 10.4. The van der Waals surface area contributed by atoms with Crippen LogP contribution >= 0.6 is 24.0 Å². The van der Waals surface area contributed by atoms with E-state index >= 15 is 0 Å². The van der Waals surface area contributed by atoms with E-state index in [1.807, 2.05) is 25.4 Å². The number of halogens is 1. The standard InChI is InChI=1S/C21H35N5O.HI/c1-15(2)26-13-16(3)19(14-26)25-21(22-4)24-12-17-9-10-23-20(11-17)27-18-7-5-6-8-18;/h9-11,15-16,18-19H,5-8,12-14H2,1-4H3,(H2,22,24,25);1H. The molecule has 7 heteroatoms. The number of aliphatic imine (C=N–C) groups is 1. The second kappa shape index (κ2) is 11.2. The molecular formula is C21H36IN5O. The Morgan fingerprint density at radius 2 is 2.07 bits per heavy atom. The Hall–Kier alpha value is -1.09. The van der Waals surface area contributed by atoms with Crippen molar-refractivity contribution in [1.29, 1.82) is 0 Å². The molecule has 1 aliphatic heterocycles. The van der Waals surface area contributed by atoms with E-state index < -0.39 is 0 Å². The van der Waals surface area contributed by atoms with Crippen LogP contribution < -0.4 is 15.4 Å². The summed E-state index contributed by atoms with van der Waals surface area (Å²) in [5.41, 5.74) is 1.16. The average molecular weight is 501 g/mol. The van der Waals surface area contributed by atoms with Gasteiger partial charge >= 0.3 is 0 Å². The van der Waals surface area contributed by atoms with Gasteiger partial charge in [0.15, 0.2) is 5.96 Å². The minimum atomic E-state index is 0. The molecule has 2 unspecified atom stereocenters. The third kappa shape index (κ3) is 6.47. The van der Waals surface area contributed by atoms with E-state index in [9.17, 15) is 0 Å². The minimum Gasteiger partial charge on any atom is -0.474 e. The lowest BCUT2D eigenvalue weighted by molar-refractivity contribution is 0.201. The van der Waals surface area contributed by atoms with Crippen molar-refractivity contribution in [2.75, 3.05) is 20.1 Å². The molecule has 1 aromatic rings. The second-order valence-corrected chi connectivity index (χ2v) is 8.23. The zero-order valence-electron chi connectivity index (χ0n) is 17.6. The Bertz CT molecular complexity index is 633. The SMILES string of the molecule is CN=C(NCc1ccnc(OC2CCCC2)c1)NC1CN(C(C)C)CC1C.I. The van der Waals surface area contributed by atoms with Crippen molar-refractivity contribution in [3.8, 4) is 5.88 Å². The summed E-state index contributed by atoms with van der Waals surface area (Å²) in [6.45, 7) is 9.74. The molecule has 28 heavy (non-hydrogen) atoms. The number of likely N-dealkylation sites (tertiary alicyclic amines) is 1. The van der Waals surface area contributed by atoms with Crippen molar-refractivity contribution in [2.24, 2.45) is 10.9 Å². The number of ether oxygens (including phenoxy) is 1. The second-order valence-electron chi connectivity index (χ2n) is 8.23. The van der Waals surface area contributed by atoms with Crippen LogP contribution in [0.4, 0.5) is 0 Å². The summed E-state index contributed by atoms with van der Waals surface area (Å²) in [7, 11) is 1.83. The highest BCUT2D eigenvalue weighted by Gasteiger charge is 2.31. The molecule has 2 atom stereocenters. The van der Waals surface area contributed by atoms with Gasteiger partial charge in [0, 0.05) is 51.0 Å². The Morgan fingerprint density at radius 1 is 1.32 bits per heavy atom. The maximum Gasteiger partial charge on any atom is 0.213 e. The summed E-state index contributed by atoms with van der Waals surface area (Å²) in [6.07, 6.45) is 6.99. The van der Waals surface area contributed by atoms with Gasteiger partial charge in [0.1, 0.15) is 6.10 Å². The van der Waals surface area contributed by atoms with Gasteiger partial charge < -0.3 is 15.4 Å². The van der Waals surface area contributed by atoms with Crippen LogP contribution in [0, 0.1) is 5.92 Å². The summed E-state index contributed by atoms with van der Waals surface area (Å²) in [4.78, 5) is 11.3. The fraction of sp³-hybridized carbons (Fsp3) is 0.714. The maximum atomic E-state index is 6.01. The molecule has 0 spiro atoms. The number of nitrogens with zero attached hydrogens (tertiary/aromatic N) is 3. The molecular weight excluding hydrogens is 465 g/mol. The van der Waals surface area contributed by atoms with Crippen LogP contribution in [0.5, 0.6) is 5.88 Å². The summed E-state index contributed by atoms with van der Waals surface area (Å²) in [5.74, 6) is 2.20. The van der Waals surface area contributed by atoms with Gasteiger partial charge in [0.25, 0.3) is 0 Å². The molecule has 3 rings (SSSR count). The number of rotatable bonds is 6. The van der Waals surface area contributed by atoms with E-state index in [2.05, 4.69) is 46.3 Å². The van der Waals surface area contributed by atoms with Crippen molar-refractivity contribution in [2.45, 2.75) is 71.2 Å². The molecule has 2 N–H and O–H groups in total. The number of guanidine groups is 1. The molecule has 1 aromatic heterocycles.